The predicted octanol–water partition coefficient (Wildman–Crippen LogP) is 3.99. The molecule has 0 unspecified atom stereocenters. The molecule has 2 aliphatic heterocycles. The van der Waals surface area contributed by atoms with Gasteiger partial charge in [-0.1, -0.05) is 12.1 Å². The fraction of sp³-hybridized carbons (Fsp3) is 0.625. The van der Waals surface area contributed by atoms with E-state index in [0.717, 1.165) is 63.6 Å². The van der Waals surface area contributed by atoms with Gasteiger partial charge in [0.15, 0.2) is 0 Å². The Balaban J connectivity index is 1.25. The average Bonchev–Trinajstić information content (AvgIpc) is 3.52. The maximum Gasteiger partial charge on any atom is 0.333 e. The topological polar surface area (TPSA) is 78.5 Å². The number of nitrogens with one attached hydrogen (secondary N) is 2. The second-order valence-corrected chi connectivity index (χ2v) is 12.2. The maximum absolute atomic E-state index is 12.7. The van der Waals surface area contributed by atoms with Gasteiger partial charge in [0.05, 0.1) is 0 Å². The van der Waals surface area contributed by atoms with E-state index in [1.165, 1.54) is 52.0 Å². The van der Waals surface area contributed by atoms with Crippen LogP contribution in [0.25, 0.3) is 0 Å². The molecular formula is C24H33N3O3S2. The number of likely N-dealkylation sites (tertiary alicyclic amines) is 1. The quantitative estimate of drug-likeness (QED) is 0.673. The van der Waals surface area contributed by atoms with E-state index in [4.69, 9.17) is 0 Å². The van der Waals surface area contributed by atoms with Crippen LogP contribution in [0.15, 0.2) is 17.6 Å². The van der Waals surface area contributed by atoms with Gasteiger partial charge in [-0.15, -0.1) is 0 Å². The second-order valence-electron chi connectivity index (χ2n) is 9.45. The van der Waals surface area contributed by atoms with Gasteiger partial charge < -0.3 is 5.32 Å². The van der Waals surface area contributed by atoms with Crippen molar-refractivity contribution in [3.05, 3.63) is 39.8 Å². The van der Waals surface area contributed by atoms with Crippen molar-refractivity contribution in [3.63, 3.8) is 0 Å². The highest BCUT2D eigenvalue weighted by atomic mass is 32.2. The van der Waals surface area contributed by atoms with Crippen molar-refractivity contribution in [3.8, 4) is 0 Å². The molecule has 2 N–H and O–H groups in total. The van der Waals surface area contributed by atoms with Crippen LogP contribution in [0.2, 0.25) is 0 Å². The molecule has 2 fully saturated rings. The Hall–Kier alpha value is -1.51. The Morgan fingerprint density at radius 2 is 1.69 bits per heavy atom. The van der Waals surface area contributed by atoms with Crippen molar-refractivity contribution in [1.82, 2.24) is 9.62 Å². The Morgan fingerprint density at radius 1 is 1.00 bits per heavy atom. The molecule has 2 aliphatic carbocycles. The van der Waals surface area contributed by atoms with Gasteiger partial charge in [-0.25, -0.2) is 17.9 Å². The van der Waals surface area contributed by atoms with Crippen molar-refractivity contribution in [2.45, 2.75) is 76.3 Å². The lowest BCUT2D eigenvalue weighted by atomic mass is 9.99. The van der Waals surface area contributed by atoms with Crippen molar-refractivity contribution in [1.29, 1.82) is 0 Å². The summed E-state index contributed by atoms with van der Waals surface area (Å²) >= 11 is 2.00. The minimum absolute atomic E-state index is 0.142. The number of amides is 2. The van der Waals surface area contributed by atoms with Crippen LogP contribution in [-0.4, -0.2) is 49.5 Å². The third kappa shape index (κ3) is 4.73. The highest BCUT2D eigenvalue weighted by molar-refractivity contribution is 7.99. The zero-order valence-electron chi connectivity index (χ0n) is 18.6. The summed E-state index contributed by atoms with van der Waals surface area (Å²) in [6, 6.07) is 2.33. The van der Waals surface area contributed by atoms with Gasteiger partial charge in [-0.2, -0.15) is 11.8 Å². The van der Waals surface area contributed by atoms with E-state index in [2.05, 4.69) is 21.0 Å². The molecule has 0 saturated carbocycles. The van der Waals surface area contributed by atoms with Gasteiger partial charge in [-0.05, 0) is 105 Å². The monoisotopic (exact) mass is 475 g/mol. The molecule has 0 radical (unpaired) electrons. The van der Waals surface area contributed by atoms with Gasteiger partial charge in [0.25, 0.3) is 10.0 Å². The van der Waals surface area contributed by atoms with Crippen LogP contribution in [0.4, 0.5) is 10.5 Å². The number of sulfonamides is 1. The standard InChI is InChI=1S/C24H33N3O3S2/c28-24(25-23-21-7-1-4-17(21)16-18-5-2-8-22(18)23)26-32(29,30)15-11-19-6-3-12-27(19)20-9-13-31-14-10-20/h11,15-16,19-20H,1-10,12-14H2,(H2,25,26,28)/b15-11+/t19-/m1/s1. The summed E-state index contributed by atoms with van der Waals surface area (Å²) in [7, 11) is -3.84. The van der Waals surface area contributed by atoms with Crippen LogP contribution in [0.3, 0.4) is 0 Å². The van der Waals surface area contributed by atoms with E-state index in [-0.39, 0.29) is 6.04 Å². The van der Waals surface area contributed by atoms with E-state index in [1.807, 2.05) is 11.8 Å². The summed E-state index contributed by atoms with van der Waals surface area (Å²) in [4.78, 5) is 15.1. The summed E-state index contributed by atoms with van der Waals surface area (Å²) < 4.78 is 27.5. The van der Waals surface area contributed by atoms with Gasteiger partial charge in [0.1, 0.15) is 0 Å². The summed E-state index contributed by atoms with van der Waals surface area (Å²) in [5.41, 5.74) is 5.88. The lowest BCUT2D eigenvalue weighted by molar-refractivity contribution is 0.194. The first-order valence-corrected chi connectivity index (χ1v) is 14.7. The fourth-order valence-electron chi connectivity index (χ4n) is 5.96. The third-order valence-corrected chi connectivity index (χ3v) is 9.46. The molecule has 4 aliphatic rings. The van der Waals surface area contributed by atoms with Crippen molar-refractivity contribution >= 4 is 33.5 Å². The molecule has 2 saturated heterocycles. The molecule has 1 aromatic carbocycles. The van der Waals surface area contributed by atoms with Crippen LogP contribution in [0.1, 0.15) is 60.8 Å². The van der Waals surface area contributed by atoms with Gasteiger partial charge >= 0.3 is 6.03 Å². The number of rotatable bonds is 5. The number of fused-ring (bicyclic) bond motifs is 2. The molecule has 2 amide bonds. The first-order valence-electron chi connectivity index (χ1n) is 12.0. The van der Waals surface area contributed by atoms with Crippen LogP contribution in [-0.2, 0) is 35.7 Å². The smallest absolute Gasteiger partial charge is 0.307 e. The highest BCUT2D eigenvalue weighted by Crippen LogP contribution is 2.38. The summed E-state index contributed by atoms with van der Waals surface area (Å²) in [5.74, 6) is 2.37. The maximum atomic E-state index is 12.7. The second kappa shape index (κ2) is 9.39. The first kappa shape index (κ1) is 22.3. The third-order valence-electron chi connectivity index (χ3n) is 7.43. The molecular weight excluding hydrogens is 442 g/mol. The lowest BCUT2D eigenvalue weighted by Gasteiger charge is -2.34. The van der Waals surface area contributed by atoms with Crippen LogP contribution < -0.4 is 10.0 Å². The normalized spacial score (nSPS) is 24.1. The highest BCUT2D eigenvalue weighted by Gasteiger charge is 2.31. The summed E-state index contributed by atoms with van der Waals surface area (Å²) in [6.07, 6.45) is 12.4. The zero-order chi connectivity index (χ0) is 22.1. The largest absolute Gasteiger partial charge is 0.333 e. The molecule has 1 aromatic rings. The number of urea groups is 1. The van der Waals surface area contributed by atoms with E-state index in [9.17, 15) is 13.2 Å². The molecule has 174 valence electrons. The number of hydrogen-bond donors (Lipinski definition) is 2. The number of carbonyl (C=O) groups is 1. The summed E-state index contributed by atoms with van der Waals surface area (Å²) in [6.45, 7) is 1.03. The Morgan fingerprint density at radius 3 is 2.38 bits per heavy atom. The number of anilines is 1. The molecule has 32 heavy (non-hydrogen) atoms. The van der Waals surface area contributed by atoms with E-state index < -0.39 is 16.1 Å². The average molecular weight is 476 g/mol. The first-order chi connectivity index (χ1) is 15.5. The van der Waals surface area contributed by atoms with Crippen LogP contribution in [0.5, 0.6) is 0 Å². The molecule has 1 atom stereocenters. The molecule has 6 nitrogen and oxygen atoms in total. The number of aryl methyl sites for hydroxylation is 2. The Labute approximate surface area is 195 Å². The molecule has 2 heterocycles. The van der Waals surface area contributed by atoms with Gasteiger partial charge in [0.2, 0.25) is 0 Å². The number of nitrogens with zero attached hydrogens (tertiary/aromatic N) is 1. The summed E-state index contributed by atoms with van der Waals surface area (Å²) in [5, 5.41) is 4.11. The SMILES string of the molecule is O=C(Nc1c2c(cc3c1CCC3)CCC2)NS(=O)(=O)/C=C/[C@H]1CCCN1C1CCSCC1. The molecule has 0 spiro atoms. The van der Waals surface area contributed by atoms with Crippen molar-refractivity contribution < 1.29 is 13.2 Å². The van der Waals surface area contributed by atoms with Crippen LogP contribution in [0, 0.1) is 0 Å². The number of carbonyl (C=O) groups excluding carboxylic acids is 1. The van der Waals surface area contributed by atoms with Crippen LogP contribution >= 0.6 is 11.8 Å². The van der Waals surface area contributed by atoms with Crippen molar-refractivity contribution in [2.24, 2.45) is 0 Å². The van der Waals surface area contributed by atoms with E-state index in [0.29, 0.717) is 6.04 Å². The Kier molecular flexibility index (Phi) is 6.54. The number of thioether (sulfide) groups is 1. The number of hydrogen-bond acceptors (Lipinski definition) is 5. The fourth-order valence-corrected chi connectivity index (χ4v) is 7.80. The molecule has 0 aromatic heterocycles. The van der Waals surface area contributed by atoms with Crippen molar-refractivity contribution in [2.75, 3.05) is 23.4 Å². The van der Waals surface area contributed by atoms with Gasteiger partial charge in [0, 0.05) is 23.2 Å². The molecule has 8 heteroatoms. The zero-order valence-corrected chi connectivity index (χ0v) is 20.2. The van der Waals surface area contributed by atoms with E-state index in [1.54, 1.807) is 6.08 Å². The Bertz CT molecular complexity index is 984. The minimum Gasteiger partial charge on any atom is -0.307 e. The molecule has 5 rings (SSSR count). The van der Waals surface area contributed by atoms with Gasteiger partial charge in [-0.3, -0.25) is 4.90 Å². The van der Waals surface area contributed by atoms with E-state index >= 15 is 0 Å². The number of benzene rings is 1. The minimum atomic E-state index is -3.84. The molecule has 0 bridgehead atoms. The lowest BCUT2D eigenvalue weighted by Crippen LogP contribution is -2.40. The predicted molar refractivity (Wildman–Crippen MR) is 131 cm³/mol.